The van der Waals surface area contributed by atoms with Crippen molar-refractivity contribution in [3.8, 4) is 0 Å². The zero-order valence-electron chi connectivity index (χ0n) is 14.7. The third-order valence-corrected chi connectivity index (χ3v) is 4.34. The van der Waals surface area contributed by atoms with Crippen LogP contribution < -0.4 is 0 Å². The van der Waals surface area contributed by atoms with E-state index in [4.69, 9.17) is 9.73 Å². The molecule has 2 aromatic heterocycles. The highest BCUT2D eigenvalue weighted by molar-refractivity contribution is 6.13. The smallest absolute Gasteiger partial charge is 0.147 e. The Bertz CT molecular complexity index is 998. The van der Waals surface area contributed by atoms with Crippen molar-refractivity contribution in [2.45, 2.75) is 20.8 Å². The molecule has 0 saturated carbocycles. The molecule has 0 spiro atoms. The number of H-pyrrole nitrogens is 2. The maximum Gasteiger partial charge on any atom is 0.147 e. The van der Waals surface area contributed by atoms with Crippen LogP contribution in [0, 0.1) is 13.8 Å². The van der Waals surface area contributed by atoms with E-state index in [1.54, 1.807) is 0 Å². The largest absolute Gasteiger partial charge is 0.492 e. The zero-order valence-corrected chi connectivity index (χ0v) is 14.7. The number of hydrogen-bond acceptors (Lipinski definition) is 2. The molecule has 1 aromatic carbocycles. The highest BCUT2D eigenvalue weighted by Crippen LogP contribution is 2.27. The maximum atomic E-state index is 5.81. The predicted octanol–water partition coefficient (Wildman–Crippen LogP) is 4.88. The van der Waals surface area contributed by atoms with E-state index in [1.165, 1.54) is 10.9 Å². The summed E-state index contributed by atoms with van der Waals surface area (Å²) in [5, 5.41) is 1.18. The van der Waals surface area contributed by atoms with Gasteiger partial charge >= 0.3 is 0 Å². The average Bonchev–Trinajstić information content (AvgIpc) is 3.26. The van der Waals surface area contributed by atoms with E-state index >= 15 is 0 Å². The first-order valence-corrected chi connectivity index (χ1v) is 8.53. The van der Waals surface area contributed by atoms with Crippen LogP contribution in [0.2, 0.25) is 0 Å². The van der Waals surface area contributed by atoms with Crippen molar-refractivity contribution in [3.63, 3.8) is 0 Å². The van der Waals surface area contributed by atoms with E-state index in [1.807, 2.05) is 25.1 Å². The third kappa shape index (κ3) is 2.91. The lowest BCUT2D eigenvalue weighted by molar-refractivity contribution is 0.239. The van der Waals surface area contributed by atoms with Gasteiger partial charge in [0.05, 0.1) is 18.0 Å². The first-order chi connectivity index (χ1) is 12.1. The van der Waals surface area contributed by atoms with Crippen LogP contribution in [-0.2, 0) is 4.74 Å². The molecule has 0 atom stereocenters. The fourth-order valence-electron chi connectivity index (χ4n) is 3.18. The topological polar surface area (TPSA) is 53.2 Å². The van der Waals surface area contributed by atoms with Crippen LogP contribution in [0.25, 0.3) is 17.0 Å². The van der Waals surface area contributed by atoms with Crippen molar-refractivity contribution in [3.05, 3.63) is 76.6 Å². The first-order valence-electron chi connectivity index (χ1n) is 8.53. The van der Waals surface area contributed by atoms with Crippen molar-refractivity contribution in [1.82, 2.24) is 9.97 Å². The third-order valence-electron chi connectivity index (χ3n) is 4.34. The summed E-state index contributed by atoms with van der Waals surface area (Å²) in [7, 11) is 0. The Morgan fingerprint density at radius 3 is 2.68 bits per heavy atom. The molecule has 126 valence electrons. The zero-order chi connectivity index (χ0) is 17.4. The SMILES string of the molecule is CCOC1=CC(c2cc3ccccc3[nH]2)=N/C1=C\c1[nH]c(C)cc1C. The number of benzene rings is 1. The van der Waals surface area contributed by atoms with Gasteiger partial charge in [0.25, 0.3) is 0 Å². The summed E-state index contributed by atoms with van der Waals surface area (Å²) in [5.74, 6) is 0.808. The number of aromatic amines is 2. The number of hydrogen-bond donors (Lipinski definition) is 2. The van der Waals surface area contributed by atoms with Crippen LogP contribution in [-0.4, -0.2) is 22.3 Å². The molecule has 0 fully saturated rings. The minimum absolute atomic E-state index is 0.613. The summed E-state index contributed by atoms with van der Waals surface area (Å²) in [6, 6.07) is 12.5. The second kappa shape index (κ2) is 6.13. The monoisotopic (exact) mass is 331 g/mol. The molecule has 2 N–H and O–H groups in total. The highest BCUT2D eigenvalue weighted by Gasteiger charge is 2.19. The van der Waals surface area contributed by atoms with Gasteiger partial charge in [-0.1, -0.05) is 18.2 Å². The van der Waals surface area contributed by atoms with E-state index < -0.39 is 0 Å². The summed E-state index contributed by atoms with van der Waals surface area (Å²) in [6.07, 6.45) is 4.06. The van der Waals surface area contributed by atoms with Crippen LogP contribution in [0.3, 0.4) is 0 Å². The molecule has 3 aromatic rings. The summed E-state index contributed by atoms with van der Waals surface area (Å²) in [6.45, 7) is 6.75. The number of rotatable bonds is 4. The van der Waals surface area contributed by atoms with Gasteiger partial charge in [-0.05, 0) is 50.6 Å². The molecule has 0 aliphatic carbocycles. The van der Waals surface area contributed by atoms with Gasteiger partial charge in [-0.3, -0.25) is 0 Å². The molecule has 4 rings (SSSR count). The summed E-state index contributed by atoms with van der Waals surface area (Å²) >= 11 is 0. The van der Waals surface area contributed by atoms with Crippen molar-refractivity contribution in [1.29, 1.82) is 0 Å². The Morgan fingerprint density at radius 2 is 1.96 bits per heavy atom. The number of nitrogens with zero attached hydrogens (tertiary/aromatic N) is 1. The number of aryl methyl sites for hydroxylation is 2. The van der Waals surface area contributed by atoms with Gasteiger partial charge in [0, 0.05) is 28.4 Å². The number of nitrogens with one attached hydrogen (secondary N) is 2. The molecular formula is C21H21N3O. The molecule has 0 bridgehead atoms. The number of ether oxygens (including phenoxy) is 1. The Hall–Kier alpha value is -3.01. The molecule has 0 unspecified atom stereocenters. The minimum atomic E-state index is 0.613. The van der Waals surface area contributed by atoms with Gasteiger partial charge in [-0.25, -0.2) is 4.99 Å². The Labute approximate surface area is 146 Å². The second-order valence-corrected chi connectivity index (χ2v) is 6.29. The van der Waals surface area contributed by atoms with Gasteiger partial charge < -0.3 is 14.7 Å². The Morgan fingerprint density at radius 1 is 1.12 bits per heavy atom. The van der Waals surface area contributed by atoms with E-state index in [2.05, 4.69) is 54.2 Å². The maximum absolute atomic E-state index is 5.81. The first kappa shape index (κ1) is 15.5. The molecule has 0 saturated heterocycles. The molecule has 1 aliphatic heterocycles. The standard InChI is InChI=1S/C21H21N3O/c1-4-25-21-12-19(18-10-15-7-5-6-8-16(15)23-18)24-20(21)11-17-13(2)9-14(3)22-17/h5-12,22-23H,4H2,1-3H3/b20-11-. The highest BCUT2D eigenvalue weighted by atomic mass is 16.5. The van der Waals surface area contributed by atoms with Crippen LogP contribution in [0.15, 0.2) is 58.9 Å². The lowest BCUT2D eigenvalue weighted by Crippen LogP contribution is -1.94. The molecule has 1 aliphatic rings. The molecule has 0 amide bonds. The predicted molar refractivity (Wildman–Crippen MR) is 103 cm³/mol. The number of allylic oxidation sites excluding steroid dienone is 1. The van der Waals surface area contributed by atoms with E-state index in [0.29, 0.717) is 6.61 Å². The van der Waals surface area contributed by atoms with Crippen LogP contribution in [0.1, 0.15) is 29.6 Å². The Balaban J connectivity index is 1.76. The van der Waals surface area contributed by atoms with Gasteiger partial charge in [0.2, 0.25) is 0 Å². The molecule has 4 nitrogen and oxygen atoms in total. The lowest BCUT2D eigenvalue weighted by atomic mass is 10.2. The quantitative estimate of drug-likeness (QED) is 0.703. The number of aliphatic imine (C=N–C) groups is 1. The van der Waals surface area contributed by atoms with Gasteiger partial charge in [0.15, 0.2) is 0 Å². The normalized spacial score (nSPS) is 15.7. The van der Waals surface area contributed by atoms with E-state index in [-0.39, 0.29) is 0 Å². The van der Waals surface area contributed by atoms with Crippen molar-refractivity contribution in [2.24, 2.45) is 4.99 Å². The Kier molecular flexibility index (Phi) is 3.80. The van der Waals surface area contributed by atoms with Crippen LogP contribution in [0.4, 0.5) is 0 Å². The number of aromatic nitrogens is 2. The molecule has 3 heterocycles. The molecular weight excluding hydrogens is 310 g/mol. The van der Waals surface area contributed by atoms with Gasteiger partial charge in [-0.15, -0.1) is 0 Å². The second-order valence-electron chi connectivity index (χ2n) is 6.29. The van der Waals surface area contributed by atoms with E-state index in [0.717, 1.165) is 39.8 Å². The number of fused-ring (bicyclic) bond motifs is 1. The molecule has 0 radical (unpaired) electrons. The van der Waals surface area contributed by atoms with Crippen LogP contribution >= 0.6 is 0 Å². The van der Waals surface area contributed by atoms with Crippen molar-refractivity contribution in [2.75, 3.05) is 6.61 Å². The fourth-order valence-corrected chi connectivity index (χ4v) is 3.18. The van der Waals surface area contributed by atoms with E-state index in [9.17, 15) is 0 Å². The lowest BCUT2D eigenvalue weighted by Gasteiger charge is -2.04. The minimum Gasteiger partial charge on any atom is -0.492 e. The fraction of sp³-hybridized carbons (Fsp3) is 0.190. The molecule has 4 heteroatoms. The van der Waals surface area contributed by atoms with Gasteiger partial charge in [0.1, 0.15) is 11.5 Å². The van der Waals surface area contributed by atoms with Crippen LogP contribution in [0.5, 0.6) is 0 Å². The molecule has 25 heavy (non-hydrogen) atoms. The number of para-hydroxylation sites is 1. The summed E-state index contributed by atoms with van der Waals surface area (Å²) < 4.78 is 5.81. The summed E-state index contributed by atoms with van der Waals surface area (Å²) in [5.41, 5.74) is 7.27. The summed E-state index contributed by atoms with van der Waals surface area (Å²) in [4.78, 5) is 11.6. The van der Waals surface area contributed by atoms with Crippen molar-refractivity contribution < 1.29 is 4.74 Å². The average molecular weight is 331 g/mol. The van der Waals surface area contributed by atoms with Gasteiger partial charge in [-0.2, -0.15) is 0 Å². The van der Waals surface area contributed by atoms with Crippen molar-refractivity contribution >= 4 is 22.7 Å².